The van der Waals surface area contributed by atoms with E-state index >= 15 is 0 Å². The van der Waals surface area contributed by atoms with Gasteiger partial charge < -0.3 is 9.47 Å². The van der Waals surface area contributed by atoms with Crippen LogP contribution in [0.25, 0.3) is 6.08 Å². The average molecular weight is 274 g/mol. The molecule has 0 saturated carbocycles. The highest BCUT2D eigenvalue weighted by molar-refractivity contribution is 5.89. The Morgan fingerprint density at radius 1 is 1.25 bits per heavy atom. The van der Waals surface area contributed by atoms with Gasteiger partial charge in [-0.05, 0) is 37.1 Å². The summed E-state index contributed by atoms with van der Waals surface area (Å²) >= 11 is 0. The van der Waals surface area contributed by atoms with E-state index in [1.807, 2.05) is 6.92 Å². The van der Waals surface area contributed by atoms with Crippen LogP contribution in [-0.4, -0.2) is 18.5 Å². The van der Waals surface area contributed by atoms with Crippen LogP contribution in [0, 0.1) is 0 Å². The molecule has 0 spiro atoms. The third-order valence-electron chi connectivity index (χ3n) is 2.30. The highest BCUT2D eigenvalue weighted by atomic mass is 16.5. The second-order valence-corrected chi connectivity index (χ2v) is 4.24. The van der Waals surface area contributed by atoms with Gasteiger partial charge >= 0.3 is 11.9 Å². The van der Waals surface area contributed by atoms with E-state index in [1.165, 1.54) is 6.08 Å². The number of hydrogen-bond donors (Lipinski definition) is 0. The predicted octanol–water partition coefficient (Wildman–Crippen LogP) is 3.13. The van der Waals surface area contributed by atoms with Gasteiger partial charge in [0.1, 0.15) is 5.75 Å². The Morgan fingerprint density at radius 2 is 1.90 bits per heavy atom. The second-order valence-electron chi connectivity index (χ2n) is 4.24. The van der Waals surface area contributed by atoms with Crippen molar-refractivity contribution in [1.82, 2.24) is 0 Å². The quantitative estimate of drug-likeness (QED) is 0.454. The molecule has 0 bridgehead atoms. The minimum atomic E-state index is -0.462. The minimum absolute atomic E-state index is 0.340. The summed E-state index contributed by atoms with van der Waals surface area (Å²) in [5.41, 5.74) is 1.15. The molecule has 0 fully saturated rings. The molecule has 0 aliphatic carbocycles. The normalized spacial score (nSPS) is 10.3. The lowest BCUT2D eigenvalue weighted by atomic mass is 10.2. The van der Waals surface area contributed by atoms with E-state index in [1.54, 1.807) is 37.3 Å². The van der Waals surface area contributed by atoms with Crippen LogP contribution in [0.4, 0.5) is 0 Å². The van der Waals surface area contributed by atoms with Gasteiger partial charge in [-0.3, -0.25) is 0 Å². The van der Waals surface area contributed by atoms with Crippen LogP contribution in [0.3, 0.4) is 0 Å². The van der Waals surface area contributed by atoms with Gasteiger partial charge in [0.15, 0.2) is 0 Å². The van der Waals surface area contributed by atoms with Crippen LogP contribution in [0.1, 0.15) is 25.8 Å². The summed E-state index contributed by atoms with van der Waals surface area (Å²) in [6.07, 6.45) is 3.80. The Morgan fingerprint density at radius 3 is 2.45 bits per heavy atom. The molecule has 1 aromatic carbocycles. The van der Waals surface area contributed by atoms with Gasteiger partial charge in [-0.15, -0.1) is 0 Å². The molecule has 0 aliphatic rings. The molecule has 0 radical (unpaired) electrons. The summed E-state index contributed by atoms with van der Waals surface area (Å²) in [5.74, 6) is -0.398. The van der Waals surface area contributed by atoms with E-state index in [4.69, 9.17) is 9.47 Å². The molecule has 4 heteroatoms. The summed E-state index contributed by atoms with van der Waals surface area (Å²) < 4.78 is 9.97. The maximum Gasteiger partial charge on any atom is 0.338 e. The maximum absolute atomic E-state index is 11.3. The van der Waals surface area contributed by atoms with E-state index < -0.39 is 5.97 Å². The van der Waals surface area contributed by atoms with Crippen molar-refractivity contribution in [2.24, 2.45) is 0 Å². The highest BCUT2D eigenvalue weighted by Gasteiger charge is 2.04. The molecule has 0 amide bonds. The molecule has 0 atom stereocenters. The third kappa shape index (κ3) is 5.52. The number of carbonyl (C=O) groups excluding carboxylic acids is 2. The molecule has 4 nitrogen and oxygen atoms in total. The fourth-order valence-corrected chi connectivity index (χ4v) is 1.26. The van der Waals surface area contributed by atoms with E-state index in [-0.39, 0.29) is 5.97 Å². The van der Waals surface area contributed by atoms with Gasteiger partial charge in [0.2, 0.25) is 0 Å². The molecule has 20 heavy (non-hydrogen) atoms. The van der Waals surface area contributed by atoms with E-state index in [9.17, 15) is 9.59 Å². The smallest absolute Gasteiger partial charge is 0.338 e. The van der Waals surface area contributed by atoms with E-state index in [0.717, 1.165) is 12.0 Å². The zero-order valence-corrected chi connectivity index (χ0v) is 11.7. The summed E-state index contributed by atoms with van der Waals surface area (Å²) in [5, 5.41) is 0. The van der Waals surface area contributed by atoms with Gasteiger partial charge in [0, 0.05) is 11.6 Å². The second kappa shape index (κ2) is 7.94. The predicted molar refractivity (Wildman–Crippen MR) is 77.2 cm³/mol. The van der Waals surface area contributed by atoms with Crippen molar-refractivity contribution < 1.29 is 19.1 Å². The lowest BCUT2D eigenvalue weighted by Crippen LogP contribution is -2.07. The number of hydrogen-bond acceptors (Lipinski definition) is 4. The summed E-state index contributed by atoms with van der Waals surface area (Å²) in [4.78, 5) is 22.6. The van der Waals surface area contributed by atoms with Crippen LogP contribution in [0.5, 0.6) is 5.75 Å². The first-order valence-corrected chi connectivity index (χ1v) is 6.35. The fraction of sp³-hybridized carbons (Fsp3) is 0.250. The van der Waals surface area contributed by atoms with Crippen molar-refractivity contribution in [3.05, 3.63) is 48.1 Å². The van der Waals surface area contributed by atoms with Crippen molar-refractivity contribution in [2.75, 3.05) is 6.61 Å². The van der Waals surface area contributed by atoms with Crippen molar-refractivity contribution in [1.29, 1.82) is 0 Å². The summed E-state index contributed by atoms with van der Waals surface area (Å²) in [7, 11) is 0. The molecule has 0 unspecified atom stereocenters. The molecular formula is C16H18O4. The number of carbonyl (C=O) groups is 2. The maximum atomic E-state index is 11.3. The molecule has 0 aliphatic heterocycles. The molecule has 1 rings (SSSR count). The number of esters is 2. The number of benzene rings is 1. The number of rotatable bonds is 6. The zero-order valence-electron chi connectivity index (χ0n) is 11.7. The summed E-state index contributed by atoms with van der Waals surface area (Å²) in [6, 6.07) is 6.78. The monoisotopic (exact) mass is 274 g/mol. The molecule has 0 N–H and O–H groups in total. The zero-order chi connectivity index (χ0) is 15.0. The first-order chi connectivity index (χ1) is 9.52. The molecular weight excluding hydrogens is 256 g/mol. The molecule has 0 heterocycles. The Hall–Kier alpha value is -2.36. The largest absolute Gasteiger partial charge is 0.463 e. The number of ether oxygens (including phenoxy) is 2. The van der Waals surface area contributed by atoms with Crippen LogP contribution in [0.2, 0.25) is 0 Å². The van der Waals surface area contributed by atoms with E-state index in [0.29, 0.717) is 17.9 Å². The SMILES string of the molecule is C=C(C)C(=O)Oc1ccc(/C=C/C(=O)OCCC)cc1. The third-order valence-corrected chi connectivity index (χ3v) is 2.30. The topological polar surface area (TPSA) is 52.6 Å². The van der Waals surface area contributed by atoms with Crippen LogP contribution in [0.15, 0.2) is 42.5 Å². The van der Waals surface area contributed by atoms with Crippen molar-refractivity contribution in [3.8, 4) is 5.75 Å². The molecule has 0 saturated heterocycles. The van der Waals surface area contributed by atoms with E-state index in [2.05, 4.69) is 6.58 Å². The van der Waals surface area contributed by atoms with Gasteiger partial charge in [0.25, 0.3) is 0 Å². The Balaban J connectivity index is 2.58. The van der Waals surface area contributed by atoms with Crippen molar-refractivity contribution in [3.63, 3.8) is 0 Å². The Bertz CT molecular complexity index is 512. The van der Waals surface area contributed by atoms with Crippen LogP contribution >= 0.6 is 0 Å². The molecule has 1 aromatic rings. The van der Waals surface area contributed by atoms with Gasteiger partial charge in [0.05, 0.1) is 6.61 Å². The lowest BCUT2D eigenvalue weighted by Gasteiger charge is -2.03. The van der Waals surface area contributed by atoms with Gasteiger partial charge in [-0.1, -0.05) is 25.6 Å². The molecule has 106 valence electrons. The fourth-order valence-electron chi connectivity index (χ4n) is 1.26. The van der Waals surface area contributed by atoms with Crippen molar-refractivity contribution in [2.45, 2.75) is 20.3 Å². The highest BCUT2D eigenvalue weighted by Crippen LogP contribution is 2.14. The van der Waals surface area contributed by atoms with Gasteiger partial charge in [-0.2, -0.15) is 0 Å². The first kappa shape index (κ1) is 15.7. The molecule has 0 aromatic heterocycles. The van der Waals surface area contributed by atoms with Gasteiger partial charge in [-0.25, -0.2) is 9.59 Å². The van der Waals surface area contributed by atoms with Crippen molar-refractivity contribution >= 4 is 18.0 Å². The lowest BCUT2D eigenvalue weighted by molar-refractivity contribution is -0.137. The van der Waals surface area contributed by atoms with Crippen LogP contribution in [-0.2, 0) is 14.3 Å². The van der Waals surface area contributed by atoms with Crippen LogP contribution < -0.4 is 4.74 Å². The Labute approximate surface area is 118 Å². The minimum Gasteiger partial charge on any atom is -0.463 e. The average Bonchev–Trinajstić information content (AvgIpc) is 2.44. The Kier molecular flexibility index (Phi) is 6.23. The standard InChI is InChI=1S/C16H18O4/c1-4-11-19-15(17)10-7-13-5-8-14(9-6-13)20-16(18)12(2)3/h5-10H,2,4,11H2,1,3H3/b10-7+. The first-order valence-electron chi connectivity index (χ1n) is 6.35. The summed E-state index contributed by atoms with van der Waals surface area (Å²) in [6.45, 7) is 7.44.